The summed E-state index contributed by atoms with van der Waals surface area (Å²) in [5.74, 6) is -1.42. The fraction of sp³-hybridized carbons (Fsp3) is 0.308. The zero-order valence-electron chi connectivity index (χ0n) is 11.6. The van der Waals surface area contributed by atoms with E-state index < -0.39 is 12.0 Å². The summed E-state index contributed by atoms with van der Waals surface area (Å²) in [5.41, 5.74) is 0.203. The van der Waals surface area contributed by atoms with Crippen LogP contribution in [0.25, 0.3) is 0 Å². The molecule has 0 unspecified atom stereocenters. The fourth-order valence-electron chi connectivity index (χ4n) is 1.58. The van der Waals surface area contributed by atoms with Gasteiger partial charge in [0.2, 0.25) is 5.91 Å². The van der Waals surface area contributed by atoms with Crippen molar-refractivity contribution in [2.24, 2.45) is 0 Å². The lowest BCUT2D eigenvalue weighted by Crippen LogP contribution is -2.41. The molecule has 0 saturated heterocycles. The third-order valence-corrected chi connectivity index (χ3v) is 3.41. The van der Waals surface area contributed by atoms with Crippen molar-refractivity contribution in [1.29, 1.82) is 0 Å². The molecule has 0 aliphatic rings. The third kappa shape index (κ3) is 4.88. The second-order valence-electron chi connectivity index (χ2n) is 4.11. The number of carboxylic acid groups (broad SMARTS) is 1. The Morgan fingerprint density at radius 2 is 2.00 bits per heavy atom. The van der Waals surface area contributed by atoms with Gasteiger partial charge in [-0.1, -0.05) is 0 Å². The minimum absolute atomic E-state index is 0.00578. The molecule has 1 aromatic rings. The van der Waals surface area contributed by atoms with Gasteiger partial charge in [-0.25, -0.2) is 9.59 Å². The number of carbonyl (C=O) groups excluding carboxylic acids is 2. The molecular weight excluding hydrogens is 389 g/mol. The first kappa shape index (κ1) is 17.2. The van der Waals surface area contributed by atoms with Crippen LogP contribution in [0.2, 0.25) is 0 Å². The van der Waals surface area contributed by atoms with Crippen molar-refractivity contribution < 1.29 is 19.5 Å². The molecule has 0 spiro atoms. The van der Waals surface area contributed by atoms with E-state index in [0.717, 1.165) is 3.57 Å². The molecule has 0 heterocycles. The van der Waals surface area contributed by atoms with E-state index in [0.29, 0.717) is 6.54 Å². The number of carboxylic acids is 1. The Balaban J connectivity index is 2.91. The maximum Gasteiger partial charge on any atom is 0.337 e. The van der Waals surface area contributed by atoms with Crippen LogP contribution in [0.1, 0.15) is 17.3 Å². The highest BCUT2D eigenvalue weighted by atomic mass is 127. The zero-order chi connectivity index (χ0) is 16.0. The van der Waals surface area contributed by atoms with Gasteiger partial charge >= 0.3 is 12.0 Å². The summed E-state index contributed by atoms with van der Waals surface area (Å²) in [4.78, 5) is 35.9. The molecule has 8 heteroatoms. The number of anilines is 1. The molecule has 3 amide bonds. The van der Waals surface area contributed by atoms with Gasteiger partial charge in [0.1, 0.15) is 6.54 Å². The molecule has 1 rings (SSSR count). The summed E-state index contributed by atoms with van der Waals surface area (Å²) in [6, 6.07) is 4.16. The summed E-state index contributed by atoms with van der Waals surface area (Å²) in [7, 11) is 1.48. The van der Waals surface area contributed by atoms with E-state index in [1.165, 1.54) is 24.1 Å². The van der Waals surface area contributed by atoms with Crippen molar-refractivity contribution in [2.75, 3.05) is 25.5 Å². The Morgan fingerprint density at radius 1 is 1.33 bits per heavy atom. The predicted octanol–water partition coefficient (Wildman–Crippen LogP) is 1.59. The highest BCUT2D eigenvalue weighted by Crippen LogP contribution is 2.19. The van der Waals surface area contributed by atoms with E-state index in [2.05, 4.69) is 10.6 Å². The number of benzene rings is 1. The number of rotatable bonds is 5. The van der Waals surface area contributed by atoms with Gasteiger partial charge in [-0.2, -0.15) is 0 Å². The normalized spacial score (nSPS) is 9.86. The molecule has 114 valence electrons. The molecule has 1 aromatic carbocycles. The van der Waals surface area contributed by atoms with Crippen LogP contribution in [0.3, 0.4) is 0 Å². The molecule has 0 aromatic heterocycles. The van der Waals surface area contributed by atoms with Crippen LogP contribution in [0.5, 0.6) is 0 Å². The van der Waals surface area contributed by atoms with Crippen molar-refractivity contribution in [3.8, 4) is 0 Å². The van der Waals surface area contributed by atoms with Crippen LogP contribution in [-0.2, 0) is 4.79 Å². The first-order valence-corrected chi connectivity index (χ1v) is 7.26. The highest BCUT2D eigenvalue weighted by molar-refractivity contribution is 14.1. The van der Waals surface area contributed by atoms with E-state index in [4.69, 9.17) is 5.11 Å². The maximum atomic E-state index is 12.1. The van der Waals surface area contributed by atoms with Crippen molar-refractivity contribution in [3.05, 3.63) is 27.3 Å². The Kier molecular flexibility index (Phi) is 6.40. The van der Waals surface area contributed by atoms with E-state index >= 15 is 0 Å². The standard InChI is InChI=1S/C13H16IN3O4/c1-3-17(7-11(18)15-2)13(21)16-10-5-4-8(14)6-9(10)12(19)20/h4-6H,3,7H2,1-2H3,(H,15,18)(H,16,21)(H,19,20). The molecule has 0 radical (unpaired) electrons. The zero-order valence-corrected chi connectivity index (χ0v) is 13.8. The summed E-state index contributed by atoms with van der Waals surface area (Å²) < 4.78 is 0.751. The van der Waals surface area contributed by atoms with Crippen LogP contribution < -0.4 is 10.6 Å². The second kappa shape index (κ2) is 7.81. The minimum Gasteiger partial charge on any atom is -0.478 e. The van der Waals surface area contributed by atoms with Gasteiger partial charge in [0.25, 0.3) is 0 Å². The molecule has 3 N–H and O–H groups in total. The number of hydrogen-bond donors (Lipinski definition) is 3. The van der Waals surface area contributed by atoms with E-state index in [1.807, 2.05) is 22.6 Å². The summed E-state index contributed by atoms with van der Waals surface area (Å²) in [6.45, 7) is 1.96. The quantitative estimate of drug-likeness (QED) is 0.648. The lowest BCUT2D eigenvalue weighted by atomic mass is 10.2. The molecule has 0 fully saturated rings. The largest absolute Gasteiger partial charge is 0.478 e. The maximum absolute atomic E-state index is 12.1. The van der Waals surface area contributed by atoms with Gasteiger partial charge in [-0.05, 0) is 47.7 Å². The van der Waals surface area contributed by atoms with Gasteiger partial charge in [-0.15, -0.1) is 0 Å². The SMILES string of the molecule is CCN(CC(=O)NC)C(=O)Nc1ccc(I)cc1C(=O)O. The average Bonchev–Trinajstić information content (AvgIpc) is 2.45. The van der Waals surface area contributed by atoms with E-state index in [9.17, 15) is 14.4 Å². The second-order valence-corrected chi connectivity index (χ2v) is 5.36. The Hall–Kier alpha value is -1.84. The first-order chi connectivity index (χ1) is 9.88. The average molecular weight is 405 g/mol. The third-order valence-electron chi connectivity index (χ3n) is 2.74. The lowest BCUT2D eigenvalue weighted by Gasteiger charge is -2.21. The number of amides is 3. The Morgan fingerprint density at radius 3 is 2.52 bits per heavy atom. The van der Waals surface area contributed by atoms with Crippen LogP contribution in [0, 0.1) is 3.57 Å². The fourth-order valence-corrected chi connectivity index (χ4v) is 2.07. The summed E-state index contributed by atoms with van der Waals surface area (Å²) in [6.07, 6.45) is 0. The number of nitrogens with one attached hydrogen (secondary N) is 2. The summed E-state index contributed by atoms with van der Waals surface area (Å²) in [5, 5.41) is 14.1. The lowest BCUT2D eigenvalue weighted by molar-refractivity contribution is -0.121. The number of urea groups is 1. The van der Waals surface area contributed by atoms with E-state index in [-0.39, 0.29) is 23.7 Å². The van der Waals surface area contributed by atoms with E-state index in [1.54, 1.807) is 13.0 Å². The van der Waals surface area contributed by atoms with Gasteiger partial charge in [0.05, 0.1) is 11.3 Å². The van der Waals surface area contributed by atoms with Gasteiger partial charge < -0.3 is 20.6 Å². The van der Waals surface area contributed by atoms with Gasteiger partial charge in [0.15, 0.2) is 0 Å². The first-order valence-electron chi connectivity index (χ1n) is 6.18. The van der Waals surface area contributed by atoms with Crippen LogP contribution in [-0.4, -0.2) is 48.1 Å². The number of hydrogen-bond acceptors (Lipinski definition) is 3. The van der Waals surface area contributed by atoms with Crippen molar-refractivity contribution in [3.63, 3.8) is 0 Å². The van der Waals surface area contributed by atoms with Gasteiger partial charge in [-0.3, -0.25) is 4.79 Å². The molecule has 0 aliphatic carbocycles. The Labute approximate surface area is 135 Å². The van der Waals surface area contributed by atoms with Gasteiger partial charge in [0, 0.05) is 17.2 Å². The molecule has 7 nitrogen and oxygen atoms in total. The smallest absolute Gasteiger partial charge is 0.337 e. The van der Waals surface area contributed by atoms with Crippen LogP contribution >= 0.6 is 22.6 Å². The van der Waals surface area contributed by atoms with Crippen molar-refractivity contribution >= 4 is 46.2 Å². The molecular formula is C13H16IN3O4. The molecule has 0 saturated carbocycles. The number of halogens is 1. The topological polar surface area (TPSA) is 98.7 Å². The number of nitrogens with zero attached hydrogens (tertiary/aromatic N) is 1. The van der Waals surface area contributed by atoms with Crippen LogP contribution in [0.4, 0.5) is 10.5 Å². The monoisotopic (exact) mass is 405 g/mol. The predicted molar refractivity (Wildman–Crippen MR) is 86.5 cm³/mol. The molecule has 0 aliphatic heterocycles. The van der Waals surface area contributed by atoms with Crippen molar-refractivity contribution in [1.82, 2.24) is 10.2 Å². The number of carbonyl (C=O) groups is 3. The Bertz CT molecular complexity index is 562. The highest BCUT2D eigenvalue weighted by Gasteiger charge is 2.18. The number of aromatic carboxylic acids is 1. The molecule has 0 bridgehead atoms. The summed E-state index contributed by atoms with van der Waals surface area (Å²) >= 11 is 1.99. The van der Waals surface area contributed by atoms with Crippen molar-refractivity contribution in [2.45, 2.75) is 6.92 Å². The minimum atomic E-state index is -1.13. The molecule has 0 atom stereocenters. The van der Waals surface area contributed by atoms with Crippen LogP contribution in [0.15, 0.2) is 18.2 Å². The number of likely N-dealkylation sites (N-methyl/N-ethyl adjacent to an activating group) is 2. The molecule has 21 heavy (non-hydrogen) atoms.